The lowest BCUT2D eigenvalue weighted by atomic mass is 10.1. The maximum absolute atomic E-state index is 13.1. The molecule has 1 aromatic heterocycles. The van der Waals surface area contributed by atoms with E-state index >= 15 is 0 Å². The van der Waals surface area contributed by atoms with E-state index in [1.54, 1.807) is 11.6 Å². The van der Waals surface area contributed by atoms with E-state index in [9.17, 15) is 19.5 Å². The van der Waals surface area contributed by atoms with Gasteiger partial charge in [-0.05, 0) is 25.8 Å². The van der Waals surface area contributed by atoms with Crippen LogP contribution in [0.1, 0.15) is 41.5 Å². The number of amides is 3. The number of nitrogens with zero attached hydrogens (tertiary/aromatic N) is 5. The summed E-state index contributed by atoms with van der Waals surface area (Å²) in [5.41, 5.74) is 7.21. The first kappa shape index (κ1) is 21.4. The maximum Gasteiger partial charge on any atom is 0.277 e. The van der Waals surface area contributed by atoms with Crippen LogP contribution in [0.5, 0.6) is 0 Å². The van der Waals surface area contributed by atoms with Crippen LogP contribution in [0.25, 0.3) is 0 Å². The van der Waals surface area contributed by atoms with Gasteiger partial charge in [-0.3, -0.25) is 14.4 Å². The Balaban J connectivity index is 1.82. The van der Waals surface area contributed by atoms with Gasteiger partial charge in [0.05, 0.1) is 25.0 Å². The summed E-state index contributed by atoms with van der Waals surface area (Å²) in [5, 5.41) is 18.1. The molecule has 30 heavy (non-hydrogen) atoms. The van der Waals surface area contributed by atoms with Crippen molar-refractivity contribution in [3.63, 3.8) is 0 Å². The molecule has 2 heterocycles. The predicted molar refractivity (Wildman–Crippen MR) is 107 cm³/mol. The Labute approximate surface area is 174 Å². The van der Waals surface area contributed by atoms with Gasteiger partial charge in [-0.25, -0.2) is 4.68 Å². The number of hydrogen-bond donors (Lipinski definition) is 2. The highest BCUT2D eigenvalue weighted by Gasteiger charge is 2.36. The van der Waals surface area contributed by atoms with Gasteiger partial charge in [-0.2, -0.15) is 0 Å². The summed E-state index contributed by atoms with van der Waals surface area (Å²) < 4.78 is 1.64. The lowest BCUT2D eigenvalue weighted by molar-refractivity contribution is -0.144. The van der Waals surface area contributed by atoms with Crippen LogP contribution >= 0.6 is 0 Å². The van der Waals surface area contributed by atoms with Gasteiger partial charge in [-0.15, -0.1) is 5.10 Å². The van der Waals surface area contributed by atoms with E-state index in [1.807, 2.05) is 30.3 Å². The summed E-state index contributed by atoms with van der Waals surface area (Å²) in [6.45, 7) is 3.79. The fourth-order valence-electron chi connectivity index (χ4n) is 3.57. The molecule has 1 aliphatic heterocycles. The maximum atomic E-state index is 13.1. The van der Waals surface area contributed by atoms with E-state index in [0.717, 1.165) is 5.56 Å². The summed E-state index contributed by atoms with van der Waals surface area (Å²) in [4.78, 5) is 40.0. The largest absolute Gasteiger partial charge is 0.391 e. The van der Waals surface area contributed by atoms with Gasteiger partial charge in [0.2, 0.25) is 11.8 Å². The molecule has 3 N–H and O–H groups in total. The lowest BCUT2D eigenvalue weighted by Gasteiger charge is -2.33. The number of rotatable bonds is 6. The average molecular weight is 414 g/mol. The second-order valence-electron chi connectivity index (χ2n) is 7.43. The monoisotopic (exact) mass is 414 g/mol. The molecule has 10 heteroatoms. The minimum atomic E-state index is -1.21. The van der Waals surface area contributed by atoms with Crippen LogP contribution in [0.3, 0.4) is 0 Å². The number of aliphatic hydroxyl groups excluding tert-OH is 1. The molecule has 10 nitrogen and oxygen atoms in total. The van der Waals surface area contributed by atoms with E-state index in [1.165, 1.54) is 16.7 Å². The molecule has 3 amide bonds. The molecule has 0 aliphatic carbocycles. The first-order chi connectivity index (χ1) is 14.3. The highest BCUT2D eigenvalue weighted by molar-refractivity contribution is 5.94. The topological polar surface area (TPSA) is 135 Å². The third-order valence-corrected chi connectivity index (χ3v) is 5.19. The van der Waals surface area contributed by atoms with E-state index in [0.29, 0.717) is 25.2 Å². The second kappa shape index (κ2) is 9.04. The minimum absolute atomic E-state index is 0.152. The highest BCUT2D eigenvalue weighted by atomic mass is 16.3. The molecule has 1 aliphatic rings. The molecule has 0 radical (unpaired) electrons. The molecular formula is C20H26N6O4. The molecule has 3 rings (SSSR count). The summed E-state index contributed by atoms with van der Waals surface area (Å²) in [7, 11) is 0. The molecule has 1 saturated heterocycles. The summed E-state index contributed by atoms with van der Waals surface area (Å²) in [6, 6.07) is 8.48. The normalized spacial score (nSPS) is 16.8. The zero-order valence-electron chi connectivity index (χ0n) is 17.1. The summed E-state index contributed by atoms with van der Waals surface area (Å²) in [5.74, 6) is -1.54. The van der Waals surface area contributed by atoms with Crippen LogP contribution in [0, 0.1) is 6.92 Å². The standard InChI is InChI=1S/C20H26N6O4/c1-13-17(22-23-26(13)11-15-7-4-3-5-8-15)20(30)24-10-6-9-16(28)25(12-24)18(14(2)27)19(21)29/h3-5,7-8,14,18,27H,6,9-12H2,1-2H3,(H2,21,29)/t14-,18+/m1/s1. The van der Waals surface area contributed by atoms with Crippen molar-refractivity contribution in [2.24, 2.45) is 5.73 Å². The van der Waals surface area contributed by atoms with Crippen molar-refractivity contribution in [3.05, 3.63) is 47.3 Å². The van der Waals surface area contributed by atoms with Gasteiger partial charge in [0, 0.05) is 13.0 Å². The molecule has 0 spiro atoms. The SMILES string of the molecule is Cc1c(C(=O)N2CCCC(=O)N([C@H](C(N)=O)[C@@H](C)O)C2)nnn1Cc1ccccc1. The van der Waals surface area contributed by atoms with Crippen molar-refractivity contribution < 1.29 is 19.5 Å². The molecule has 0 bridgehead atoms. The molecular weight excluding hydrogens is 388 g/mol. The number of primary amides is 1. The molecule has 0 unspecified atom stereocenters. The third kappa shape index (κ3) is 4.48. The van der Waals surface area contributed by atoms with E-state index in [4.69, 9.17) is 5.73 Å². The Kier molecular flexibility index (Phi) is 6.46. The Bertz CT molecular complexity index is 927. The fourth-order valence-corrected chi connectivity index (χ4v) is 3.57. The predicted octanol–water partition coefficient (Wildman–Crippen LogP) is -0.108. The molecule has 1 fully saturated rings. The van der Waals surface area contributed by atoms with Gasteiger partial charge in [0.25, 0.3) is 5.91 Å². The Morgan fingerprint density at radius 2 is 1.97 bits per heavy atom. The fraction of sp³-hybridized carbons (Fsp3) is 0.450. The number of carbonyl (C=O) groups is 3. The molecule has 160 valence electrons. The second-order valence-corrected chi connectivity index (χ2v) is 7.43. The van der Waals surface area contributed by atoms with E-state index < -0.39 is 18.1 Å². The van der Waals surface area contributed by atoms with Crippen molar-refractivity contribution in [1.82, 2.24) is 24.8 Å². The first-order valence-corrected chi connectivity index (χ1v) is 9.79. The van der Waals surface area contributed by atoms with Crippen molar-refractivity contribution in [2.45, 2.75) is 45.4 Å². The number of aliphatic hydroxyl groups is 1. The Morgan fingerprint density at radius 3 is 2.60 bits per heavy atom. The third-order valence-electron chi connectivity index (χ3n) is 5.19. The van der Waals surface area contributed by atoms with Gasteiger partial charge in [0.1, 0.15) is 6.04 Å². The van der Waals surface area contributed by atoms with Crippen molar-refractivity contribution >= 4 is 17.7 Å². The molecule has 2 atom stereocenters. The summed E-state index contributed by atoms with van der Waals surface area (Å²) >= 11 is 0. The van der Waals surface area contributed by atoms with Crippen LogP contribution in [0.2, 0.25) is 0 Å². The van der Waals surface area contributed by atoms with Crippen molar-refractivity contribution in [3.8, 4) is 0 Å². The lowest BCUT2D eigenvalue weighted by Crippen LogP contribution is -2.56. The zero-order chi connectivity index (χ0) is 21.8. The zero-order valence-corrected chi connectivity index (χ0v) is 17.1. The van der Waals surface area contributed by atoms with E-state index in [2.05, 4.69) is 10.3 Å². The molecule has 2 aromatic rings. The van der Waals surface area contributed by atoms with E-state index in [-0.39, 0.29) is 30.6 Å². The number of aromatic nitrogens is 3. The first-order valence-electron chi connectivity index (χ1n) is 9.79. The number of hydrogen-bond acceptors (Lipinski definition) is 6. The van der Waals surface area contributed by atoms with Crippen LogP contribution in [-0.4, -0.2) is 73.0 Å². The van der Waals surface area contributed by atoms with Crippen LogP contribution < -0.4 is 5.73 Å². The number of carbonyl (C=O) groups excluding carboxylic acids is 3. The quantitative estimate of drug-likeness (QED) is 0.677. The highest BCUT2D eigenvalue weighted by Crippen LogP contribution is 2.17. The van der Waals surface area contributed by atoms with Crippen LogP contribution in [0.4, 0.5) is 0 Å². The van der Waals surface area contributed by atoms with Crippen molar-refractivity contribution in [2.75, 3.05) is 13.2 Å². The smallest absolute Gasteiger partial charge is 0.277 e. The molecule has 1 aromatic carbocycles. The van der Waals surface area contributed by atoms with Gasteiger partial charge >= 0.3 is 0 Å². The van der Waals surface area contributed by atoms with Gasteiger partial charge in [0.15, 0.2) is 5.69 Å². The van der Waals surface area contributed by atoms with Crippen LogP contribution in [-0.2, 0) is 16.1 Å². The van der Waals surface area contributed by atoms with Crippen LogP contribution in [0.15, 0.2) is 30.3 Å². The molecule has 0 saturated carbocycles. The number of nitrogens with two attached hydrogens (primary N) is 1. The minimum Gasteiger partial charge on any atom is -0.391 e. The van der Waals surface area contributed by atoms with Crippen molar-refractivity contribution in [1.29, 1.82) is 0 Å². The summed E-state index contributed by atoms with van der Waals surface area (Å²) in [6.07, 6.45) is -0.571. The Hall–Kier alpha value is -3.27. The average Bonchev–Trinajstić information content (AvgIpc) is 2.94. The van der Waals surface area contributed by atoms with Gasteiger partial charge < -0.3 is 20.6 Å². The van der Waals surface area contributed by atoms with Gasteiger partial charge in [-0.1, -0.05) is 35.5 Å². The number of benzene rings is 1. The Morgan fingerprint density at radius 1 is 1.27 bits per heavy atom.